The molecular weight excluding hydrogens is 197 g/mol. The molecule has 3 nitrogen and oxygen atoms in total. The molecule has 0 fully saturated rings. The summed E-state index contributed by atoms with van der Waals surface area (Å²) < 4.78 is 17.8. The van der Waals surface area contributed by atoms with Crippen molar-refractivity contribution in [1.29, 1.82) is 5.41 Å². The summed E-state index contributed by atoms with van der Waals surface area (Å²) in [7, 11) is 0. The molecular formula is C11H14FNO2. The van der Waals surface area contributed by atoms with E-state index in [1.807, 2.05) is 0 Å². The largest absolute Gasteiger partial charge is 0.479 e. The number of aliphatic hydroxyl groups excluding tert-OH is 1. The Morgan fingerprint density at radius 2 is 2.27 bits per heavy atom. The number of rotatable bonds is 3. The minimum atomic E-state index is -1.19. The summed E-state index contributed by atoms with van der Waals surface area (Å²) >= 11 is 0. The van der Waals surface area contributed by atoms with E-state index < -0.39 is 11.9 Å². The smallest absolute Gasteiger partial charge is 0.214 e. The third kappa shape index (κ3) is 2.76. The zero-order chi connectivity index (χ0) is 11.4. The van der Waals surface area contributed by atoms with Gasteiger partial charge in [-0.2, -0.15) is 0 Å². The fourth-order valence-electron chi connectivity index (χ4n) is 1.28. The lowest BCUT2D eigenvalue weighted by molar-refractivity contribution is 0.189. The fraction of sp³-hybridized carbons (Fsp3) is 0.364. The van der Waals surface area contributed by atoms with Crippen molar-refractivity contribution in [3.05, 3.63) is 35.1 Å². The van der Waals surface area contributed by atoms with E-state index in [1.54, 1.807) is 19.9 Å². The van der Waals surface area contributed by atoms with Crippen molar-refractivity contribution in [2.24, 2.45) is 0 Å². The van der Waals surface area contributed by atoms with E-state index in [1.165, 1.54) is 12.1 Å². The van der Waals surface area contributed by atoms with Crippen LogP contribution >= 0.6 is 0 Å². The molecule has 0 unspecified atom stereocenters. The number of nitrogens with one attached hydrogen (secondary N) is 1. The molecule has 2 N–H and O–H groups in total. The molecule has 1 aromatic rings. The Morgan fingerprint density at radius 1 is 1.60 bits per heavy atom. The molecule has 0 aliphatic rings. The molecule has 0 radical (unpaired) electrons. The van der Waals surface area contributed by atoms with Crippen LogP contribution in [0.5, 0.6) is 0 Å². The second-order valence-electron chi connectivity index (χ2n) is 3.20. The average Bonchev–Trinajstić information content (AvgIpc) is 2.21. The summed E-state index contributed by atoms with van der Waals surface area (Å²) in [5, 5.41) is 17.1. The molecule has 0 saturated carbocycles. The van der Waals surface area contributed by atoms with Crippen LogP contribution < -0.4 is 0 Å². The van der Waals surface area contributed by atoms with Crippen molar-refractivity contribution in [2.75, 3.05) is 6.61 Å². The van der Waals surface area contributed by atoms with Gasteiger partial charge < -0.3 is 9.84 Å². The van der Waals surface area contributed by atoms with E-state index in [9.17, 15) is 9.50 Å². The van der Waals surface area contributed by atoms with Crippen molar-refractivity contribution in [3.63, 3.8) is 0 Å². The van der Waals surface area contributed by atoms with E-state index in [4.69, 9.17) is 10.1 Å². The lowest BCUT2D eigenvalue weighted by atomic mass is 10.0. The Labute approximate surface area is 88.0 Å². The topological polar surface area (TPSA) is 53.3 Å². The summed E-state index contributed by atoms with van der Waals surface area (Å²) in [6.45, 7) is 3.78. The Hall–Kier alpha value is -1.42. The van der Waals surface area contributed by atoms with Crippen LogP contribution in [0.1, 0.15) is 24.2 Å². The highest BCUT2D eigenvalue weighted by molar-refractivity contribution is 5.79. The van der Waals surface area contributed by atoms with Crippen LogP contribution in [0.2, 0.25) is 0 Å². The van der Waals surface area contributed by atoms with Gasteiger partial charge in [-0.15, -0.1) is 0 Å². The Kier molecular flexibility index (Phi) is 3.80. The summed E-state index contributed by atoms with van der Waals surface area (Å²) in [5.74, 6) is -0.690. The van der Waals surface area contributed by atoms with E-state index in [2.05, 4.69) is 0 Å². The van der Waals surface area contributed by atoms with Gasteiger partial charge in [-0.05, 0) is 37.1 Å². The van der Waals surface area contributed by atoms with Gasteiger partial charge >= 0.3 is 0 Å². The molecule has 0 heterocycles. The molecule has 4 heteroatoms. The molecule has 0 bridgehead atoms. The minimum absolute atomic E-state index is 0.258. The molecule has 0 aliphatic heterocycles. The van der Waals surface area contributed by atoms with Gasteiger partial charge in [0.25, 0.3) is 0 Å². The second kappa shape index (κ2) is 4.89. The van der Waals surface area contributed by atoms with E-state index in [0.717, 1.165) is 5.56 Å². The van der Waals surface area contributed by atoms with Gasteiger partial charge in [0, 0.05) is 0 Å². The first-order valence-electron chi connectivity index (χ1n) is 4.71. The van der Waals surface area contributed by atoms with Crippen LogP contribution in [0.25, 0.3) is 0 Å². The second-order valence-corrected chi connectivity index (χ2v) is 3.20. The Bertz CT molecular complexity index is 366. The first-order valence-corrected chi connectivity index (χ1v) is 4.71. The lowest BCUT2D eigenvalue weighted by Gasteiger charge is -2.14. The normalized spacial score (nSPS) is 12.3. The van der Waals surface area contributed by atoms with Crippen molar-refractivity contribution < 1.29 is 14.2 Å². The highest BCUT2D eigenvalue weighted by Gasteiger charge is 2.17. The SMILES string of the molecule is CCOC(=N)[C@@H](O)c1cc(F)ccc1C. The number of ether oxygens (including phenoxy) is 1. The zero-order valence-electron chi connectivity index (χ0n) is 8.75. The van der Waals surface area contributed by atoms with Crippen LogP contribution in [0.15, 0.2) is 18.2 Å². The fourth-order valence-corrected chi connectivity index (χ4v) is 1.28. The van der Waals surface area contributed by atoms with Crippen LogP contribution in [-0.2, 0) is 4.74 Å². The zero-order valence-corrected chi connectivity index (χ0v) is 8.75. The number of benzene rings is 1. The van der Waals surface area contributed by atoms with Gasteiger partial charge in [-0.3, -0.25) is 5.41 Å². The molecule has 1 aromatic carbocycles. The highest BCUT2D eigenvalue weighted by Crippen LogP contribution is 2.20. The Balaban J connectivity index is 2.94. The predicted octanol–water partition coefficient (Wildman–Crippen LogP) is 2.18. The van der Waals surface area contributed by atoms with Crippen molar-refractivity contribution >= 4 is 5.90 Å². The maximum atomic E-state index is 12.9. The molecule has 0 saturated heterocycles. The Morgan fingerprint density at radius 3 is 2.87 bits per heavy atom. The maximum absolute atomic E-state index is 12.9. The molecule has 82 valence electrons. The maximum Gasteiger partial charge on any atom is 0.214 e. The van der Waals surface area contributed by atoms with Gasteiger partial charge in [0.15, 0.2) is 6.10 Å². The third-order valence-electron chi connectivity index (χ3n) is 2.08. The van der Waals surface area contributed by atoms with E-state index >= 15 is 0 Å². The third-order valence-corrected chi connectivity index (χ3v) is 2.08. The first kappa shape index (κ1) is 11.7. The van der Waals surface area contributed by atoms with E-state index in [0.29, 0.717) is 12.2 Å². The molecule has 1 atom stereocenters. The number of halogens is 1. The summed E-state index contributed by atoms with van der Waals surface area (Å²) in [6.07, 6.45) is -1.19. The molecule has 1 rings (SSSR count). The molecule has 15 heavy (non-hydrogen) atoms. The summed E-state index contributed by atoms with van der Waals surface area (Å²) in [5.41, 5.74) is 1.10. The molecule has 0 aliphatic carbocycles. The van der Waals surface area contributed by atoms with Gasteiger partial charge in [0.2, 0.25) is 5.90 Å². The lowest BCUT2D eigenvalue weighted by Crippen LogP contribution is -2.15. The number of hydrogen-bond donors (Lipinski definition) is 2. The first-order chi connectivity index (χ1) is 7.06. The van der Waals surface area contributed by atoms with Gasteiger partial charge in [0.05, 0.1) is 6.61 Å². The van der Waals surface area contributed by atoms with Crippen molar-refractivity contribution in [2.45, 2.75) is 20.0 Å². The predicted molar refractivity (Wildman–Crippen MR) is 55.4 cm³/mol. The number of hydrogen-bond acceptors (Lipinski definition) is 3. The van der Waals surface area contributed by atoms with Crippen molar-refractivity contribution in [3.8, 4) is 0 Å². The van der Waals surface area contributed by atoms with Crippen LogP contribution in [0, 0.1) is 18.2 Å². The quantitative estimate of drug-likeness (QED) is 0.594. The average molecular weight is 211 g/mol. The van der Waals surface area contributed by atoms with Gasteiger partial charge in [0.1, 0.15) is 5.82 Å². The molecule has 0 amide bonds. The summed E-state index contributed by atoms with van der Waals surface area (Å²) in [4.78, 5) is 0. The monoisotopic (exact) mass is 211 g/mol. The summed E-state index contributed by atoms with van der Waals surface area (Å²) in [6, 6.07) is 4.09. The van der Waals surface area contributed by atoms with Crippen LogP contribution in [-0.4, -0.2) is 17.6 Å². The highest BCUT2D eigenvalue weighted by atomic mass is 19.1. The standard InChI is InChI=1S/C11H14FNO2/c1-3-15-11(13)10(14)9-6-8(12)5-4-7(9)2/h4-6,10,13-14H,3H2,1-2H3/t10-/m0/s1. The van der Waals surface area contributed by atoms with Crippen molar-refractivity contribution in [1.82, 2.24) is 0 Å². The van der Waals surface area contributed by atoms with Gasteiger partial charge in [-0.1, -0.05) is 6.07 Å². The van der Waals surface area contributed by atoms with Gasteiger partial charge in [-0.25, -0.2) is 4.39 Å². The number of aliphatic hydroxyl groups is 1. The molecule has 0 aromatic heterocycles. The minimum Gasteiger partial charge on any atom is -0.479 e. The number of aryl methyl sites for hydroxylation is 1. The van der Waals surface area contributed by atoms with Crippen LogP contribution in [0.3, 0.4) is 0 Å². The molecule has 0 spiro atoms. The van der Waals surface area contributed by atoms with E-state index in [-0.39, 0.29) is 5.90 Å². The van der Waals surface area contributed by atoms with Crippen LogP contribution in [0.4, 0.5) is 4.39 Å².